The lowest BCUT2D eigenvalue weighted by atomic mass is 9.95. The molecule has 1 heterocycles. The number of halogens is 4. The third-order valence-electron chi connectivity index (χ3n) is 4.74. The molecule has 0 bridgehead atoms. The minimum absolute atomic E-state index is 0.246. The Morgan fingerprint density at radius 3 is 2.50 bits per heavy atom. The Morgan fingerprint density at radius 1 is 1.16 bits per heavy atom. The summed E-state index contributed by atoms with van der Waals surface area (Å²) in [5.41, 5.74) is 1.40. The Labute approximate surface area is 210 Å². The number of alkyl halides is 3. The molecule has 1 aromatic heterocycles. The van der Waals surface area contributed by atoms with Gasteiger partial charge < -0.3 is 20.1 Å². The van der Waals surface area contributed by atoms with Gasteiger partial charge in [-0.3, -0.25) is 4.79 Å². The van der Waals surface area contributed by atoms with Crippen molar-refractivity contribution in [3.8, 4) is 5.75 Å². The van der Waals surface area contributed by atoms with Gasteiger partial charge in [0, 0.05) is 9.90 Å². The Balaban J connectivity index is 1.75. The van der Waals surface area contributed by atoms with Gasteiger partial charge in [-0.2, -0.15) is 0 Å². The number of hydrogen-bond donors (Lipinski definition) is 2. The molecule has 0 saturated carbocycles. The highest BCUT2D eigenvalue weighted by Gasteiger charge is 2.36. The van der Waals surface area contributed by atoms with Crippen LogP contribution in [0.15, 0.2) is 24.3 Å². The summed E-state index contributed by atoms with van der Waals surface area (Å²) in [6, 6.07) is 6.58. The molecule has 1 atom stereocenters. The van der Waals surface area contributed by atoms with Crippen LogP contribution < -0.4 is 15.4 Å². The van der Waals surface area contributed by atoms with Crippen molar-refractivity contribution in [2.24, 2.45) is 0 Å². The summed E-state index contributed by atoms with van der Waals surface area (Å²) >= 11 is 25.7. The number of nitrogens with one attached hydrogen (secondary N) is 2. The molecule has 2 aromatic rings. The molecule has 0 spiro atoms. The Hall–Kier alpha value is -1.38. The number of aryl methyl sites for hydroxylation is 1. The molecule has 174 valence electrons. The Morgan fingerprint density at radius 2 is 1.84 bits per heavy atom. The zero-order valence-corrected chi connectivity index (χ0v) is 21.0. The smallest absolute Gasteiger partial charge is 0.341 e. The van der Waals surface area contributed by atoms with E-state index in [9.17, 15) is 9.59 Å². The second kappa shape index (κ2) is 11.2. The minimum Gasteiger partial charge on any atom is -0.484 e. The maximum absolute atomic E-state index is 12.7. The zero-order chi connectivity index (χ0) is 23.3. The van der Waals surface area contributed by atoms with Crippen molar-refractivity contribution in [2.75, 3.05) is 18.5 Å². The van der Waals surface area contributed by atoms with Crippen molar-refractivity contribution in [3.63, 3.8) is 0 Å². The fourth-order valence-corrected chi connectivity index (χ4v) is 5.06. The van der Waals surface area contributed by atoms with E-state index in [0.29, 0.717) is 21.3 Å². The van der Waals surface area contributed by atoms with Crippen molar-refractivity contribution >= 4 is 74.6 Å². The number of carbonyl (C=O) groups excluding carboxylic acids is 2. The monoisotopic (exact) mass is 538 g/mol. The number of ether oxygens (including phenoxy) is 2. The van der Waals surface area contributed by atoms with Crippen molar-refractivity contribution in [1.82, 2.24) is 5.32 Å². The number of anilines is 1. The van der Waals surface area contributed by atoms with Crippen LogP contribution in [-0.2, 0) is 22.4 Å². The average molecular weight is 540 g/mol. The van der Waals surface area contributed by atoms with Gasteiger partial charge in [0.2, 0.25) is 3.79 Å². The highest BCUT2D eigenvalue weighted by molar-refractivity contribution is 7.16. The molecular weight excluding hydrogens is 518 g/mol. The number of esters is 1. The van der Waals surface area contributed by atoms with Crippen LogP contribution in [-0.4, -0.2) is 35.0 Å². The molecular formula is C21H22Cl4N2O4S. The number of amides is 1. The quantitative estimate of drug-likeness (QED) is 0.253. The number of fused-ring (bicyclic) bond motifs is 1. The standard InChI is InChI=1S/C21H22Cl4N2O4S/c1-2-30-19(29)17-14-5-3-4-6-15(14)32-18(17)27-20(21(23,24)25)26-16(28)11-31-13-9-7-12(22)8-10-13/h7-10,20,27H,2-6,11H2,1H3,(H,26,28)/t20-/m0/s1. The molecule has 0 fully saturated rings. The van der Waals surface area contributed by atoms with Crippen molar-refractivity contribution in [2.45, 2.75) is 42.6 Å². The Bertz CT molecular complexity index is 960. The van der Waals surface area contributed by atoms with Gasteiger partial charge >= 0.3 is 5.97 Å². The van der Waals surface area contributed by atoms with E-state index in [1.54, 1.807) is 31.2 Å². The fourth-order valence-electron chi connectivity index (χ4n) is 3.30. The lowest BCUT2D eigenvalue weighted by Crippen LogP contribution is -2.50. The summed E-state index contributed by atoms with van der Waals surface area (Å²) < 4.78 is 8.80. The van der Waals surface area contributed by atoms with Gasteiger partial charge in [-0.25, -0.2) is 4.79 Å². The first kappa shape index (κ1) is 25.2. The van der Waals surface area contributed by atoms with Crippen LogP contribution >= 0.6 is 57.7 Å². The molecule has 0 saturated heterocycles. The predicted octanol–water partition coefficient (Wildman–Crippen LogP) is 5.76. The molecule has 2 N–H and O–H groups in total. The number of benzene rings is 1. The van der Waals surface area contributed by atoms with Crippen LogP contribution in [0.1, 0.15) is 40.6 Å². The second-order valence-corrected chi connectivity index (χ2v) is 11.0. The molecule has 0 radical (unpaired) electrons. The summed E-state index contributed by atoms with van der Waals surface area (Å²) in [5, 5.41) is 6.72. The number of carbonyl (C=O) groups is 2. The van der Waals surface area contributed by atoms with Gasteiger partial charge in [0.15, 0.2) is 6.61 Å². The molecule has 1 aromatic carbocycles. The van der Waals surface area contributed by atoms with Gasteiger partial charge in [0.25, 0.3) is 5.91 Å². The highest BCUT2D eigenvalue weighted by atomic mass is 35.6. The zero-order valence-electron chi connectivity index (χ0n) is 17.2. The van der Waals surface area contributed by atoms with Crippen LogP contribution in [0.2, 0.25) is 5.02 Å². The molecule has 32 heavy (non-hydrogen) atoms. The van der Waals surface area contributed by atoms with Crippen molar-refractivity contribution in [3.05, 3.63) is 45.3 Å². The van der Waals surface area contributed by atoms with E-state index < -0.39 is 21.8 Å². The highest BCUT2D eigenvalue weighted by Crippen LogP contribution is 2.40. The van der Waals surface area contributed by atoms with Crippen LogP contribution in [0.3, 0.4) is 0 Å². The molecule has 3 rings (SSSR count). The fraction of sp³-hybridized carbons (Fsp3) is 0.429. The van der Waals surface area contributed by atoms with Crippen molar-refractivity contribution < 1.29 is 19.1 Å². The van der Waals surface area contributed by atoms with Gasteiger partial charge in [-0.1, -0.05) is 46.4 Å². The van der Waals surface area contributed by atoms with E-state index in [2.05, 4.69) is 10.6 Å². The van der Waals surface area contributed by atoms with Gasteiger partial charge in [-0.05, 0) is 62.4 Å². The Kier molecular flexibility index (Phi) is 8.81. The van der Waals surface area contributed by atoms with Gasteiger partial charge in [-0.15, -0.1) is 11.3 Å². The van der Waals surface area contributed by atoms with E-state index in [-0.39, 0.29) is 13.2 Å². The predicted molar refractivity (Wildman–Crippen MR) is 130 cm³/mol. The normalized spacial score (nSPS) is 14.3. The first-order valence-corrected chi connectivity index (χ1v) is 12.3. The number of hydrogen-bond acceptors (Lipinski definition) is 6. The molecule has 1 aliphatic carbocycles. The number of rotatable bonds is 8. The van der Waals surface area contributed by atoms with E-state index in [4.69, 9.17) is 55.9 Å². The average Bonchev–Trinajstić information content (AvgIpc) is 3.10. The topological polar surface area (TPSA) is 76.7 Å². The summed E-state index contributed by atoms with van der Waals surface area (Å²) in [7, 11) is 0. The van der Waals surface area contributed by atoms with Gasteiger partial charge in [0.05, 0.1) is 12.2 Å². The van der Waals surface area contributed by atoms with E-state index >= 15 is 0 Å². The van der Waals surface area contributed by atoms with E-state index in [1.165, 1.54) is 11.3 Å². The van der Waals surface area contributed by atoms with E-state index in [1.807, 2.05) is 0 Å². The van der Waals surface area contributed by atoms with Crippen LogP contribution in [0.4, 0.5) is 5.00 Å². The van der Waals surface area contributed by atoms with Crippen LogP contribution in [0.5, 0.6) is 5.75 Å². The van der Waals surface area contributed by atoms with Crippen molar-refractivity contribution in [1.29, 1.82) is 0 Å². The number of thiophene rings is 1. The van der Waals surface area contributed by atoms with E-state index in [0.717, 1.165) is 36.1 Å². The van der Waals surface area contributed by atoms with Crippen LogP contribution in [0.25, 0.3) is 0 Å². The third kappa shape index (κ3) is 6.58. The second-order valence-electron chi connectivity index (χ2n) is 7.06. The maximum Gasteiger partial charge on any atom is 0.341 e. The molecule has 0 aliphatic heterocycles. The first-order chi connectivity index (χ1) is 15.2. The summed E-state index contributed by atoms with van der Waals surface area (Å²) in [6.45, 7) is 1.69. The van der Waals surface area contributed by atoms with Crippen LogP contribution in [0, 0.1) is 0 Å². The first-order valence-electron chi connectivity index (χ1n) is 10.0. The lowest BCUT2D eigenvalue weighted by Gasteiger charge is -2.27. The molecule has 11 heteroatoms. The molecule has 1 amide bonds. The SMILES string of the molecule is CCOC(=O)c1c(N[C@H](NC(=O)COc2ccc(Cl)cc2)C(Cl)(Cl)Cl)sc2c1CCCC2. The summed E-state index contributed by atoms with van der Waals surface area (Å²) in [5.74, 6) is -0.476. The molecule has 6 nitrogen and oxygen atoms in total. The lowest BCUT2D eigenvalue weighted by molar-refractivity contribution is -0.123. The molecule has 0 unspecified atom stereocenters. The third-order valence-corrected chi connectivity index (χ3v) is 6.87. The largest absolute Gasteiger partial charge is 0.484 e. The minimum atomic E-state index is -1.90. The summed E-state index contributed by atoms with van der Waals surface area (Å²) in [4.78, 5) is 26.2. The van der Waals surface area contributed by atoms with Gasteiger partial charge in [0.1, 0.15) is 16.9 Å². The summed E-state index contributed by atoms with van der Waals surface area (Å²) in [6.07, 6.45) is 2.57. The molecule has 1 aliphatic rings. The maximum atomic E-state index is 12.7.